The molecule has 0 unspecified atom stereocenters. The van der Waals surface area contributed by atoms with Gasteiger partial charge in [-0.2, -0.15) is 0 Å². The van der Waals surface area contributed by atoms with Crippen molar-refractivity contribution in [3.05, 3.63) is 68.0 Å². The lowest BCUT2D eigenvalue weighted by Crippen LogP contribution is -2.24. The highest BCUT2D eigenvalue weighted by Crippen LogP contribution is 2.43. The molecule has 0 saturated carbocycles. The molecule has 146 valence electrons. The maximum absolute atomic E-state index is 12.2. The van der Waals surface area contributed by atoms with Crippen LogP contribution < -0.4 is 5.32 Å². The average molecular weight is 435 g/mol. The minimum atomic E-state index is -0.431. The van der Waals surface area contributed by atoms with Crippen molar-refractivity contribution in [3.63, 3.8) is 0 Å². The summed E-state index contributed by atoms with van der Waals surface area (Å²) in [6.07, 6.45) is 0.457. The van der Waals surface area contributed by atoms with E-state index in [0.717, 1.165) is 45.6 Å². The normalized spacial score (nSPS) is 14.1. The highest BCUT2D eigenvalue weighted by molar-refractivity contribution is 7.20. The molecule has 2 aromatic carbocycles. The van der Waals surface area contributed by atoms with E-state index in [9.17, 15) is 4.79 Å². The summed E-state index contributed by atoms with van der Waals surface area (Å²) in [5.41, 5.74) is 3.30. The van der Waals surface area contributed by atoms with Crippen LogP contribution in [0.2, 0.25) is 10.0 Å². The number of hydrogen-bond donors (Lipinski definition) is 1. The number of benzene rings is 2. The summed E-state index contributed by atoms with van der Waals surface area (Å²) in [6.45, 7) is 2.39. The molecule has 1 aliphatic heterocycles. The van der Waals surface area contributed by atoms with Crippen LogP contribution in [0.25, 0.3) is 10.1 Å². The third-order valence-corrected chi connectivity index (χ3v) is 6.94. The van der Waals surface area contributed by atoms with Gasteiger partial charge < -0.3 is 15.0 Å². The molecule has 28 heavy (non-hydrogen) atoms. The number of ether oxygens (including phenoxy) is 1. The van der Waals surface area contributed by atoms with Crippen LogP contribution in [0.4, 0.5) is 4.79 Å². The number of nitrogens with one attached hydrogen (secondary N) is 1. The molecule has 4 nitrogen and oxygen atoms in total. The molecule has 7 heteroatoms. The monoisotopic (exact) mass is 434 g/mol. The van der Waals surface area contributed by atoms with Crippen LogP contribution in [-0.2, 0) is 30.9 Å². The average Bonchev–Trinajstić information content (AvgIpc) is 2.94. The molecule has 0 fully saturated rings. The first kappa shape index (κ1) is 19.5. The Morgan fingerprint density at radius 1 is 1.21 bits per heavy atom. The van der Waals surface area contributed by atoms with Gasteiger partial charge in [-0.25, -0.2) is 4.79 Å². The molecule has 0 saturated heterocycles. The van der Waals surface area contributed by atoms with Crippen LogP contribution >= 0.6 is 34.5 Å². The first-order valence-electron chi connectivity index (χ1n) is 9.07. The van der Waals surface area contributed by atoms with Crippen molar-refractivity contribution in [1.82, 2.24) is 10.2 Å². The van der Waals surface area contributed by atoms with Crippen LogP contribution in [0.5, 0.6) is 0 Å². The number of nitrogens with zero attached hydrogens (tertiary/aromatic N) is 1. The highest BCUT2D eigenvalue weighted by atomic mass is 35.5. The Hall–Kier alpha value is -1.79. The molecule has 0 radical (unpaired) electrons. The number of rotatable bonds is 4. The van der Waals surface area contributed by atoms with Gasteiger partial charge in [0.2, 0.25) is 0 Å². The van der Waals surface area contributed by atoms with E-state index in [4.69, 9.17) is 27.9 Å². The smallest absolute Gasteiger partial charge is 0.407 e. The van der Waals surface area contributed by atoms with E-state index in [0.29, 0.717) is 16.6 Å². The fourth-order valence-electron chi connectivity index (χ4n) is 3.52. The summed E-state index contributed by atoms with van der Waals surface area (Å²) >= 11 is 14.6. The maximum atomic E-state index is 12.2. The molecule has 0 bridgehead atoms. The van der Waals surface area contributed by atoms with Gasteiger partial charge in [-0.1, -0.05) is 53.5 Å². The van der Waals surface area contributed by atoms with Crippen LogP contribution in [0.1, 0.15) is 21.6 Å². The van der Waals surface area contributed by atoms with Gasteiger partial charge in [-0.3, -0.25) is 0 Å². The van der Waals surface area contributed by atoms with Crippen molar-refractivity contribution in [2.24, 2.45) is 0 Å². The topological polar surface area (TPSA) is 41.6 Å². The van der Waals surface area contributed by atoms with Crippen LogP contribution in [0.3, 0.4) is 0 Å². The minimum absolute atomic E-state index is 0.250. The van der Waals surface area contributed by atoms with Gasteiger partial charge >= 0.3 is 6.09 Å². The fraction of sp³-hybridized carbons (Fsp3) is 0.286. The van der Waals surface area contributed by atoms with Gasteiger partial charge in [0.05, 0.1) is 16.3 Å². The number of carbonyl (C=O) groups excluding carboxylic acids is 1. The number of carbonyl (C=O) groups is 1. The Labute approximate surface area is 178 Å². The van der Waals surface area contributed by atoms with Crippen LogP contribution in [0.15, 0.2) is 36.4 Å². The minimum Gasteiger partial charge on any atom is -0.445 e. The lowest BCUT2D eigenvalue weighted by atomic mass is 10.0. The molecular weight excluding hydrogens is 415 g/mol. The highest BCUT2D eigenvalue weighted by Gasteiger charge is 2.24. The van der Waals surface area contributed by atoms with E-state index in [2.05, 4.69) is 17.3 Å². The molecule has 1 amide bonds. The van der Waals surface area contributed by atoms with Gasteiger partial charge in [0, 0.05) is 28.4 Å². The number of hydrogen-bond acceptors (Lipinski definition) is 4. The maximum Gasteiger partial charge on any atom is 0.407 e. The van der Waals surface area contributed by atoms with Crippen molar-refractivity contribution in [2.75, 3.05) is 13.6 Å². The number of likely N-dealkylation sites (N-methyl/N-ethyl adjacent to an activating group) is 1. The molecule has 2 heterocycles. The molecule has 0 spiro atoms. The van der Waals surface area contributed by atoms with Gasteiger partial charge in [-0.15, -0.1) is 11.3 Å². The molecule has 1 aromatic heterocycles. The number of amides is 1. The zero-order valence-electron chi connectivity index (χ0n) is 15.4. The molecule has 0 aliphatic carbocycles. The van der Waals surface area contributed by atoms with Gasteiger partial charge in [0.1, 0.15) is 6.61 Å². The lowest BCUT2D eigenvalue weighted by Gasteiger charge is -2.14. The summed E-state index contributed by atoms with van der Waals surface area (Å²) in [4.78, 5) is 15.5. The van der Waals surface area contributed by atoms with Gasteiger partial charge in [0.25, 0.3) is 0 Å². The molecular formula is C21H20Cl2N2O2S. The summed E-state index contributed by atoms with van der Waals surface area (Å²) in [5, 5.41) is 5.41. The largest absolute Gasteiger partial charge is 0.445 e. The van der Waals surface area contributed by atoms with Gasteiger partial charge in [0.15, 0.2) is 0 Å². The van der Waals surface area contributed by atoms with Crippen molar-refractivity contribution in [3.8, 4) is 0 Å². The predicted molar refractivity (Wildman–Crippen MR) is 115 cm³/mol. The lowest BCUT2D eigenvalue weighted by molar-refractivity contribution is 0.139. The molecule has 3 aromatic rings. The zero-order valence-corrected chi connectivity index (χ0v) is 17.8. The van der Waals surface area contributed by atoms with E-state index in [1.165, 1.54) is 5.56 Å². The van der Waals surface area contributed by atoms with Crippen molar-refractivity contribution >= 4 is 50.7 Å². The van der Waals surface area contributed by atoms with Crippen LogP contribution in [-0.4, -0.2) is 24.6 Å². The standard InChI is InChI=1S/C21H20Cl2N2O2S/c1-25-8-7-14-16(22)9-17(23)20-19(14)15(11-25)18(28-20)10-24-21(26)27-12-13-5-3-2-4-6-13/h2-6,9H,7-8,10-12H2,1H3,(H,24,26). The number of halogens is 2. The second-order valence-electron chi connectivity index (χ2n) is 6.93. The fourth-order valence-corrected chi connectivity index (χ4v) is 5.37. The summed E-state index contributed by atoms with van der Waals surface area (Å²) in [6, 6.07) is 11.5. The van der Waals surface area contributed by atoms with Crippen molar-refractivity contribution < 1.29 is 9.53 Å². The Bertz CT molecular complexity index is 1020. The number of alkyl carbamates (subject to hydrolysis) is 1. The van der Waals surface area contributed by atoms with Crippen molar-refractivity contribution in [1.29, 1.82) is 0 Å². The summed E-state index contributed by atoms with van der Waals surface area (Å²) in [5.74, 6) is 0. The second kappa shape index (κ2) is 8.29. The first-order valence-corrected chi connectivity index (χ1v) is 10.6. The number of thiophene rings is 1. The Morgan fingerprint density at radius 3 is 2.79 bits per heavy atom. The van der Waals surface area contributed by atoms with E-state index >= 15 is 0 Å². The zero-order chi connectivity index (χ0) is 19.7. The Balaban J connectivity index is 1.54. The van der Waals surface area contributed by atoms with Crippen molar-refractivity contribution in [2.45, 2.75) is 26.1 Å². The first-order chi connectivity index (χ1) is 13.5. The Morgan fingerprint density at radius 2 is 2.00 bits per heavy atom. The van der Waals surface area contributed by atoms with E-state index < -0.39 is 6.09 Å². The molecule has 1 N–H and O–H groups in total. The third-order valence-electron chi connectivity index (χ3n) is 4.93. The Kier molecular flexibility index (Phi) is 5.78. The molecule has 0 atom stereocenters. The van der Waals surface area contributed by atoms with Crippen LogP contribution in [0, 0.1) is 0 Å². The molecule has 1 aliphatic rings. The third kappa shape index (κ3) is 3.98. The van der Waals surface area contributed by atoms with Gasteiger partial charge in [-0.05, 0) is 36.2 Å². The van der Waals surface area contributed by atoms with E-state index in [-0.39, 0.29) is 6.61 Å². The van der Waals surface area contributed by atoms with E-state index in [1.807, 2.05) is 36.4 Å². The van der Waals surface area contributed by atoms with E-state index in [1.54, 1.807) is 11.3 Å². The predicted octanol–water partition coefficient (Wildman–Crippen LogP) is 5.62. The quantitative estimate of drug-likeness (QED) is 0.578. The summed E-state index contributed by atoms with van der Waals surface area (Å²) in [7, 11) is 2.09. The summed E-state index contributed by atoms with van der Waals surface area (Å²) < 4.78 is 6.36. The second-order valence-corrected chi connectivity index (χ2v) is 8.85. The SMILES string of the molecule is CN1CCc2c(Cl)cc(Cl)c3sc(CNC(=O)OCc4ccccc4)c(c23)C1. The molecule has 4 rings (SSSR count).